The van der Waals surface area contributed by atoms with Gasteiger partial charge in [-0.05, 0) is 66.6 Å². The molecule has 4 nitrogen and oxygen atoms in total. The van der Waals surface area contributed by atoms with Crippen molar-refractivity contribution in [2.45, 2.75) is 38.3 Å². The first-order valence-corrected chi connectivity index (χ1v) is 11.2. The number of nitrogens with one attached hydrogen (secondary N) is 2. The van der Waals surface area contributed by atoms with Crippen molar-refractivity contribution >= 4 is 33.7 Å². The van der Waals surface area contributed by atoms with Crippen LogP contribution in [0.25, 0.3) is 10.9 Å². The quantitative estimate of drug-likeness (QED) is 0.583. The number of pyridine rings is 1. The molecule has 28 heavy (non-hydrogen) atoms. The average molecular weight is 395 g/mol. The van der Waals surface area contributed by atoms with E-state index in [4.69, 9.17) is 4.98 Å². The molecule has 3 aromatic rings. The fourth-order valence-corrected chi connectivity index (χ4v) is 4.80. The van der Waals surface area contributed by atoms with Gasteiger partial charge in [-0.25, -0.2) is 4.98 Å². The van der Waals surface area contributed by atoms with E-state index in [0.717, 1.165) is 30.3 Å². The number of rotatable bonds is 7. The van der Waals surface area contributed by atoms with Gasteiger partial charge in [0.25, 0.3) is 0 Å². The molecule has 1 aromatic carbocycles. The van der Waals surface area contributed by atoms with Gasteiger partial charge in [0, 0.05) is 43.8 Å². The molecule has 0 saturated heterocycles. The third kappa shape index (κ3) is 4.65. The lowest BCUT2D eigenvalue weighted by Crippen LogP contribution is -2.31. The lowest BCUT2D eigenvalue weighted by molar-refractivity contribution is 0.324. The van der Waals surface area contributed by atoms with E-state index in [9.17, 15) is 0 Å². The van der Waals surface area contributed by atoms with Crippen LogP contribution in [-0.2, 0) is 6.54 Å². The van der Waals surface area contributed by atoms with Crippen molar-refractivity contribution in [2.24, 2.45) is 5.92 Å². The van der Waals surface area contributed by atoms with E-state index < -0.39 is 0 Å². The third-order valence-electron chi connectivity index (χ3n) is 5.72. The zero-order valence-electron chi connectivity index (χ0n) is 16.8. The molecule has 0 unspecified atom stereocenters. The molecule has 1 saturated carbocycles. The Morgan fingerprint density at radius 3 is 2.68 bits per heavy atom. The Morgan fingerprint density at radius 1 is 1.11 bits per heavy atom. The summed E-state index contributed by atoms with van der Waals surface area (Å²) in [6.07, 6.45) is 5.00. The van der Waals surface area contributed by atoms with E-state index in [1.807, 2.05) is 0 Å². The van der Waals surface area contributed by atoms with Gasteiger partial charge >= 0.3 is 0 Å². The van der Waals surface area contributed by atoms with Crippen molar-refractivity contribution in [3.05, 3.63) is 52.7 Å². The number of para-hydroxylation sites is 1. The number of aromatic nitrogens is 1. The summed E-state index contributed by atoms with van der Waals surface area (Å²) in [7, 11) is 4.19. The highest BCUT2D eigenvalue weighted by molar-refractivity contribution is 7.07. The van der Waals surface area contributed by atoms with Crippen LogP contribution in [0.5, 0.6) is 0 Å². The molecule has 4 rings (SSSR count). The molecule has 1 aliphatic rings. The summed E-state index contributed by atoms with van der Waals surface area (Å²) in [5.74, 6) is 1.79. The molecule has 0 atom stereocenters. The molecule has 2 heterocycles. The molecule has 0 radical (unpaired) electrons. The average Bonchev–Trinajstić information content (AvgIpc) is 3.22. The zero-order chi connectivity index (χ0) is 19.3. The first-order chi connectivity index (χ1) is 13.7. The largest absolute Gasteiger partial charge is 0.377 e. The topological polar surface area (TPSA) is 40.2 Å². The molecule has 1 fully saturated rings. The van der Waals surface area contributed by atoms with Crippen molar-refractivity contribution in [3.63, 3.8) is 0 Å². The smallest absolute Gasteiger partial charge is 0.128 e. The first-order valence-electron chi connectivity index (χ1n) is 10.2. The number of nitrogens with zero attached hydrogens (tertiary/aromatic N) is 2. The summed E-state index contributed by atoms with van der Waals surface area (Å²) >= 11 is 1.77. The van der Waals surface area contributed by atoms with Gasteiger partial charge in [-0.2, -0.15) is 11.3 Å². The Morgan fingerprint density at radius 2 is 1.93 bits per heavy atom. The second kappa shape index (κ2) is 8.93. The molecule has 5 heteroatoms. The van der Waals surface area contributed by atoms with E-state index >= 15 is 0 Å². The maximum absolute atomic E-state index is 4.86. The molecule has 0 amide bonds. The normalized spacial score (nSPS) is 19.6. The molecule has 1 aliphatic carbocycles. The number of hydrogen-bond donors (Lipinski definition) is 2. The van der Waals surface area contributed by atoms with Gasteiger partial charge in [0.05, 0.1) is 5.52 Å². The zero-order valence-corrected chi connectivity index (χ0v) is 17.6. The summed E-state index contributed by atoms with van der Waals surface area (Å²) < 4.78 is 0. The standard InChI is InChI=1S/C23H30N4S/c1-27(2)22-13-23(26-21-6-4-3-5-20(21)22)25-19-9-7-17(8-10-19)14-24-15-18-11-12-28-16-18/h3-6,11-13,16-17,19,24H,7-10,14-15H2,1-2H3,(H,25,26)/t17-,19+. The van der Waals surface area contributed by atoms with Crippen LogP contribution in [-0.4, -0.2) is 31.7 Å². The molecular formula is C23H30N4S. The van der Waals surface area contributed by atoms with Crippen LogP contribution in [0.15, 0.2) is 47.2 Å². The van der Waals surface area contributed by atoms with Crippen LogP contribution in [0, 0.1) is 5.92 Å². The monoisotopic (exact) mass is 394 g/mol. The molecule has 148 valence electrons. The van der Waals surface area contributed by atoms with Crippen molar-refractivity contribution in [1.29, 1.82) is 0 Å². The van der Waals surface area contributed by atoms with Crippen LogP contribution in [0.1, 0.15) is 31.2 Å². The van der Waals surface area contributed by atoms with Gasteiger partial charge in [0.15, 0.2) is 0 Å². The summed E-state index contributed by atoms with van der Waals surface area (Å²) in [5.41, 5.74) is 3.68. The maximum atomic E-state index is 4.86. The molecule has 0 aliphatic heterocycles. The lowest BCUT2D eigenvalue weighted by atomic mass is 9.86. The molecule has 0 bridgehead atoms. The van der Waals surface area contributed by atoms with E-state index in [2.05, 4.69) is 76.8 Å². The van der Waals surface area contributed by atoms with Crippen LogP contribution in [0.2, 0.25) is 0 Å². The van der Waals surface area contributed by atoms with Crippen molar-refractivity contribution in [1.82, 2.24) is 10.3 Å². The van der Waals surface area contributed by atoms with Crippen molar-refractivity contribution < 1.29 is 0 Å². The number of thiophene rings is 1. The Labute approximate surface area is 172 Å². The van der Waals surface area contributed by atoms with E-state index in [1.165, 1.54) is 42.3 Å². The number of hydrogen-bond acceptors (Lipinski definition) is 5. The van der Waals surface area contributed by atoms with E-state index in [1.54, 1.807) is 11.3 Å². The summed E-state index contributed by atoms with van der Waals surface area (Å²) in [6.45, 7) is 2.12. The van der Waals surface area contributed by atoms with Crippen molar-refractivity contribution in [2.75, 3.05) is 30.9 Å². The third-order valence-corrected chi connectivity index (χ3v) is 6.45. The van der Waals surface area contributed by atoms with Crippen LogP contribution in [0.3, 0.4) is 0 Å². The van der Waals surface area contributed by atoms with Gasteiger partial charge in [-0.3, -0.25) is 0 Å². The SMILES string of the molecule is CN(C)c1cc(N[C@H]2CC[C@@H](CNCc3ccsc3)CC2)nc2ccccc12. The highest BCUT2D eigenvalue weighted by atomic mass is 32.1. The fourth-order valence-electron chi connectivity index (χ4n) is 4.13. The second-order valence-electron chi connectivity index (χ2n) is 8.06. The van der Waals surface area contributed by atoms with E-state index in [-0.39, 0.29) is 0 Å². The highest BCUT2D eigenvalue weighted by Gasteiger charge is 2.21. The van der Waals surface area contributed by atoms with Crippen LogP contribution < -0.4 is 15.5 Å². The van der Waals surface area contributed by atoms with Gasteiger partial charge in [-0.15, -0.1) is 0 Å². The maximum Gasteiger partial charge on any atom is 0.128 e. The van der Waals surface area contributed by atoms with Crippen LogP contribution >= 0.6 is 11.3 Å². The van der Waals surface area contributed by atoms with E-state index in [0.29, 0.717) is 6.04 Å². The molecular weight excluding hydrogens is 364 g/mol. The minimum absolute atomic E-state index is 0.525. The molecule has 0 spiro atoms. The number of anilines is 2. The predicted octanol–water partition coefficient (Wildman–Crippen LogP) is 5.12. The van der Waals surface area contributed by atoms with Gasteiger partial charge in [0.2, 0.25) is 0 Å². The Kier molecular flexibility index (Phi) is 6.13. The second-order valence-corrected chi connectivity index (χ2v) is 8.84. The Bertz CT molecular complexity index is 883. The van der Waals surface area contributed by atoms with Gasteiger partial charge < -0.3 is 15.5 Å². The highest BCUT2D eigenvalue weighted by Crippen LogP contribution is 2.30. The molecule has 2 aromatic heterocycles. The Hall–Kier alpha value is -2.11. The van der Waals surface area contributed by atoms with Crippen LogP contribution in [0.4, 0.5) is 11.5 Å². The fraction of sp³-hybridized carbons (Fsp3) is 0.435. The summed E-state index contributed by atoms with van der Waals surface area (Å²) in [4.78, 5) is 7.03. The number of benzene rings is 1. The minimum atomic E-state index is 0.525. The predicted molar refractivity (Wildman–Crippen MR) is 121 cm³/mol. The molecule has 2 N–H and O–H groups in total. The first kappa shape index (κ1) is 19.2. The van der Waals surface area contributed by atoms with Gasteiger partial charge in [-0.1, -0.05) is 18.2 Å². The Balaban J connectivity index is 1.32. The number of fused-ring (bicyclic) bond motifs is 1. The summed E-state index contributed by atoms with van der Waals surface area (Å²) in [5, 5.41) is 12.9. The lowest BCUT2D eigenvalue weighted by Gasteiger charge is -2.30. The summed E-state index contributed by atoms with van der Waals surface area (Å²) in [6, 6.07) is 13.3. The minimum Gasteiger partial charge on any atom is -0.377 e. The van der Waals surface area contributed by atoms with Gasteiger partial charge in [0.1, 0.15) is 5.82 Å². The van der Waals surface area contributed by atoms with Crippen molar-refractivity contribution in [3.8, 4) is 0 Å².